The number of benzene rings is 1. The van der Waals surface area contributed by atoms with Crippen LogP contribution in [0.4, 0.5) is 0 Å². The molecule has 1 fully saturated rings. The van der Waals surface area contributed by atoms with E-state index in [-0.39, 0.29) is 6.04 Å². The van der Waals surface area contributed by atoms with Crippen LogP contribution in [0.2, 0.25) is 0 Å². The van der Waals surface area contributed by atoms with E-state index < -0.39 is 0 Å². The molecule has 0 aromatic heterocycles. The van der Waals surface area contributed by atoms with Crippen LogP contribution in [0, 0.1) is 32.1 Å². The Hall–Kier alpha value is -1.33. The molecule has 0 saturated heterocycles. The van der Waals surface area contributed by atoms with Crippen molar-refractivity contribution in [2.75, 3.05) is 0 Å². The van der Waals surface area contributed by atoms with Crippen molar-refractivity contribution in [2.45, 2.75) is 45.7 Å². The van der Waals surface area contributed by atoms with Crippen LogP contribution in [0.5, 0.6) is 0 Å². The number of aryl methyl sites for hydroxylation is 3. The Balaban J connectivity index is 2.29. The molecule has 0 aliphatic heterocycles. The average Bonchev–Trinajstić information content (AvgIpc) is 3.04. The van der Waals surface area contributed by atoms with E-state index in [2.05, 4.69) is 44.3 Å². The summed E-state index contributed by atoms with van der Waals surface area (Å²) in [4.78, 5) is 0. The molecule has 0 radical (unpaired) electrons. The molecule has 1 aliphatic carbocycles. The number of nitrogens with zero attached hydrogens (tertiary/aromatic N) is 1. The molecule has 0 bridgehead atoms. The monoisotopic (exact) mass is 214 g/mol. The maximum Gasteiger partial charge on any atom is 0.121 e. The van der Waals surface area contributed by atoms with Crippen molar-refractivity contribution in [3.8, 4) is 6.07 Å². The summed E-state index contributed by atoms with van der Waals surface area (Å²) in [6, 6.07) is 7.10. The molecule has 2 nitrogen and oxygen atoms in total. The third-order valence-electron chi connectivity index (χ3n) is 3.30. The van der Waals surface area contributed by atoms with Crippen LogP contribution in [0.3, 0.4) is 0 Å². The van der Waals surface area contributed by atoms with Crippen molar-refractivity contribution in [1.82, 2.24) is 5.32 Å². The molecule has 1 atom stereocenters. The SMILES string of the molecule is Cc1cc(C)c(C(C#N)NC2CC2)cc1C. The van der Waals surface area contributed by atoms with E-state index in [0.717, 1.165) is 5.56 Å². The van der Waals surface area contributed by atoms with E-state index in [1.807, 2.05) is 0 Å². The van der Waals surface area contributed by atoms with Gasteiger partial charge in [0.15, 0.2) is 0 Å². The highest BCUT2D eigenvalue weighted by Gasteiger charge is 2.26. The standard InChI is InChI=1S/C14H18N2/c1-9-6-11(3)13(7-10(9)2)14(8-15)16-12-4-5-12/h6-7,12,14,16H,4-5H2,1-3H3. The van der Waals surface area contributed by atoms with Gasteiger partial charge in [-0.25, -0.2) is 0 Å². The van der Waals surface area contributed by atoms with Crippen LogP contribution in [-0.4, -0.2) is 6.04 Å². The van der Waals surface area contributed by atoms with Gasteiger partial charge in [0.05, 0.1) is 6.07 Å². The normalized spacial score (nSPS) is 16.9. The number of nitriles is 1. The third-order valence-corrected chi connectivity index (χ3v) is 3.30. The van der Waals surface area contributed by atoms with Gasteiger partial charge in [0, 0.05) is 6.04 Å². The van der Waals surface area contributed by atoms with Gasteiger partial charge in [-0.1, -0.05) is 12.1 Å². The van der Waals surface area contributed by atoms with Gasteiger partial charge in [-0.15, -0.1) is 0 Å². The summed E-state index contributed by atoms with van der Waals surface area (Å²) in [6.45, 7) is 6.30. The van der Waals surface area contributed by atoms with Gasteiger partial charge in [0.2, 0.25) is 0 Å². The largest absolute Gasteiger partial charge is 0.295 e. The number of hydrogen-bond acceptors (Lipinski definition) is 2. The quantitative estimate of drug-likeness (QED) is 0.839. The predicted molar refractivity (Wildman–Crippen MR) is 65.2 cm³/mol. The minimum absolute atomic E-state index is 0.146. The first kappa shape index (κ1) is 11.2. The zero-order valence-electron chi connectivity index (χ0n) is 10.2. The molecular formula is C14H18N2. The van der Waals surface area contributed by atoms with Crippen molar-refractivity contribution in [1.29, 1.82) is 5.26 Å². The minimum atomic E-state index is -0.146. The molecule has 0 heterocycles. The maximum atomic E-state index is 9.23. The summed E-state index contributed by atoms with van der Waals surface area (Å²) >= 11 is 0. The predicted octanol–water partition coefficient (Wildman–Crippen LogP) is 2.93. The Kier molecular flexibility index (Phi) is 2.98. The van der Waals surface area contributed by atoms with Gasteiger partial charge in [-0.05, 0) is 55.9 Å². The zero-order chi connectivity index (χ0) is 11.7. The van der Waals surface area contributed by atoms with Gasteiger partial charge >= 0.3 is 0 Å². The van der Waals surface area contributed by atoms with Crippen LogP contribution < -0.4 is 5.32 Å². The van der Waals surface area contributed by atoms with E-state index >= 15 is 0 Å². The molecule has 1 aromatic rings. The first-order chi connectivity index (χ1) is 7.61. The van der Waals surface area contributed by atoms with Crippen LogP contribution in [0.25, 0.3) is 0 Å². The summed E-state index contributed by atoms with van der Waals surface area (Å²) in [7, 11) is 0. The topological polar surface area (TPSA) is 35.8 Å². The lowest BCUT2D eigenvalue weighted by Gasteiger charge is -2.15. The van der Waals surface area contributed by atoms with Gasteiger partial charge in [0.25, 0.3) is 0 Å². The van der Waals surface area contributed by atoms with Crippen molar-refractivity contribution >= 4 is 0 Å². The Labute approximate surface area is 97.3 Å². The van der Waals surface area contributed by atoms with Gasteiger partial charge < -0.3 is 0 Å². The lowest BCUT2D eigenvalue weighted by Crippen LogP contribution is -2.22. The summed E-state index contributed by atoms with van der Waals surface area (Å²) in [6.07, 6.45) is 2.42. The Morgan fingerprint density at radius 3 is 2.38 bits per heavy atom. The minimum Gasteiger partial charge on any atom is -0.295 e. The van der Waals surface area contributed by atoms with E-state index in [4.69, 9.17) is 0 Å². The summed E-state index contributed by atoms with van der Waals surface area (Å²) < 4.78 is 0. The fourth-order valence-corrected chi connectivity index (χ4v) is 1.98. The Morgan fingerprint density at radius 2 is 1.81 bits per heavy atom. The summed E-state index contributed by atoms with van der Waals surface area (Å²) in [5.41, 5.74) is 4.91. The fraction of sp³-hybridized carbons (Fsp3) is 0.500. The molecule has 1 aromatic carbocycles. The van der Waals surface area contributed by atoms with Crippen LogP contribution >= 0.6 is 0 Å². The number of rotatable bonds is 3. The Bertz CT molecular complexity index is 439. The lowest BCUT2D eigenvalue weighted by atomic mass is 9.96. The highest BCUT2D eigenvalue weighted by Crippen LogP contribution is 2.26. The molecule has 1 aliphatic rings. The second kappa shape index (κ2) is 4.27. The van der Waals surface area contributed by atoms with Crippen molar-refractivity contribution in [3.05, 3.63) is 34.4 Å². The highest BCUT2D eigenvalue weighted by atomic mass is 15.0. The highest BCUT2D eigenvalue weighted by molar-refractivity contribution is 5.40. The van der Waals surface area contributed by atoms with E-state index in [1.54, 1.807) is 0 Å². The molecule has 16 heavy (non-hydrogen) atoms. The molecule has 0 amide bonds. The maximum absolute atomic E-state index is 9.23. The van der Waals surface area contributed by atoms with Crippen LogP contribution in [-0.2, 0) is 0 Å². The molecule has 1 saturated carbocycles. The zero-order valence-corrected chi connectivity index (χ0v) is 10.2. The molecule has 1 unspecified atom stereocenters. The summed E-state index contributed by atoms with van der Waals surface area (Å²) in [5, 5.41) is 12.6. The average molecular weight is 214 g/mol. The van der Waals surface area contributed by atoms with Crippen molar-refractivity contribution < 1.29 is 0 Å². The molecule has 0 spiro atoms. The molecule has 1 N–H and O–H groups in total. The van der Waals surface area contributed by atoms with Gasteiger partial charge in [-0.3, -0.25) is 5.32 Å². The van der Waals surface area contributed by atoms with Crippen LogP contribution in [0.15, 0.2) is 12.1 Å². The van der Waals surface area contributed by atoms with Gasteiger partial charge in [0.1, 0.15) is 6.04 Å². The lowest BCUT2D eigenvalue weighted by molar-refractivity contribution is 0.623. The van der Waals surface area contributed by atoms with E-state index in [1.165, 1.54) is 29.5 Å². The smallest absolute Gasteiger partial charge is 0.121 e. The van der Waals surface area contributed by atoms with Crippen molar-refractivity contribution in [2.24, 2.45) is 0 Å². The molecule has 2 heteroatoms. The number of hydrogen-bond donors (Lipinski definition) is 1. The number of nitrogens with one attached hydrogen (secondary N) is 1. The van der Waals surface area contributed by atoms with Crippen LogP contribution in [0.1, 0.15) is 41.1 Å². The molecule has 2 rings (SSSR count). The second-order valence-corrected chi connectivity index (χ2v) is 4.80. The first-order valence-electron chi connectivity index (χ1n) is 5.85. The first-order valence-corrected chi connectivity index (χ1v) is 5.85. The van der Waals surface area contributed by atoms with Gasteiger partial charge in [-0.2, -0.15) is 5.26 Å². The van der Waals surface area contributed by atoms with Crippen molar-refractivity contribution in [3.63, 3.8) is 0 Å². The molecule has 84 valence electrons. The van der Waals surface area contributed by atoms with E-state index in [0.29, 0.717) is 6.04 Å². The molecular weight excluding hydrogens is 196 g/mol. The third kappa shape index (κ3) is 2.25. The van der Waals surface area contributed by atoms with E-state index in [9.17, 15) is 5.26 Å². The summed E-state index contributed by atoms with van der Waals surface area (Å²) in [5.74, 6) is 0. The fourth-order valence-electron chi connectivity index (χ4n) is 1.98. The second-order valence-electron chi connectivity index (χ2n) is 4.80. The Morgan fingerprint density at radius 1 is 1.19 bits per heavy atom.